The molecule has 0 aliphatic carbocycles. The lowest BCUT2D eigenvalue weighted by atomic mass is 10.1. The first kappa shape index (κ1) is 18.4. The van der Waals surface area contributed by atoms with E-state index in [4.69, 9.17) is 4.18 Å². The molecule has 0 spiro atoms. The second-order valence-corrected chi connectivity index (χ2v) is 8.72. The molecule has 3 aromatic carbocycles. The third-order valence-corrected chi connectivity index (χ3v) is 6.32. The maximum absolute atomic E-state index is 13.2. The molecule has 0 saturated heterocycles. The van der Waals surface area contributed by atoms with Crippen LogP contribution in [0.15, 0.2) is 65.6 Å². The molecule has 5 rings (SSSR count). The first-order valence-electron chi connectivity index (χ1n) is 9.29. The van der Waals surface area contributed by atoms with Crippen molar-refractivity contribution >= 4 is 32.5 Å². The Morgan fingerprint density at radius 2 is 1.77 bits per heavy atom. The van der Waals surface area contributed by atoms with Crippen LogP contribution in [0, 0.1) is 13.8 Å². The molecule has 0 radical (unpaired) electrons. The fourth-order valence-electron chi connectivity index (χ4n) is 3.64. The van der Waals surface area contributed by atoms with Crippen LogP contribution in [0.5, 0.6) is 5.88 Å². The number of nitrogens with one attached hydrogen (secondary N) is 1. The smallest absolute Gasteiger partial charge is 0.341 e. The van der Waals surface area contributed by atoms with E-state index in [1.807, 2.05) is 31.2 Å². The Balaban J connectivity index is 1.62. The lowest BCUT2D eigenvalue weighted by Gasteiger charge is -2.12. The van der Waals surface area contributed by atoms with Crippen molar-refractivity contribution in [3.05, 3.63) is 77.5 Å². The summed E-state index contributed by atoms with van der Waals surface area (Å²) < 4.78 is 33.4. The first-order valence-corrected chi connectivity index (χ1v) is 10.7. The van der Waals surface area contributed by atoms with Crippen LogP contribution in [0.25, 0.3) is 16.5 Å². The fraction of sp³-hybridized carbons (Fsp3) is 0.0909. The monoisotopic (exact) mass is 419 g/mol. The third kappa shape index (κ3) is 2.84. The zero-order valence-corrected chi connectivity index (χ0v) is 17.0. The van der Waals surface area contributed by atoms with Crippen LogP contribution in [0.1, 0.15) is 21.6 Å². The molecule has 150 valence electrons. The average molecular weight is 419 g/mol. The molecule has 30 heavy (non-hydrogen) atoms. The van der Waals surface area contributed by atoms with Gasteiger partial charge in [-0.2, -0.15) is 18.2 Å². The normalized spacial score (nSPS) is 12.9. The van der Waals surface area contributed by atoms with E-state index in [0.717, 1.165) is 5.56 Å². The number of hydrogen-bond donors (Lipinski definition) is 1. The predicted molar refractivity (Wildman–Crippen MR) is 113 cm³/mol. The predicted octanol–water partition coefficient (Wildman–Crippen LogP) is 3.98. The van der Waals surface area contributed by atoms with Crippen molar-refractivity contribution < 1.29 is 17.4 Å². The van der Waals surface area contributed by atoms with Crippen LogP contribution < -0.4 is 9.50 Å². The zero-order valence-electron chi connectivity index (χ0n) is 16.2. The molecule has 2 heterocycles. The van der Waals surface area contributed by atoms with E-state index >= 15 is 0 Å². The van der Waals surface area contributed by atoms with E-state index in [2.05, 4.69) is 10.4 Å². The quantitative estimate of drug-likeness (QED) is 0.506. The SMILES string of the molecule is Cc1ccc(-n2nc(C)cc2OS(=O)(=O)c2ccc3c4c(cccc24)C(=O)N3)cc1. The summed E-state index contributed by atoms with van der Waals surface area (Å²) in [6, 6.07) is 17.1. The van der Waals surface area contributed by atoms with Gasteiger partial charge in [0.05, 0.1) is 11.4 Å². The van der Waals surface area contributed by atoms with E-state index < -0.39 is 10.1 Å². The topological polar surface area (TPSA) is 90.3 Å². The number of amides is 1. The molecule has 1 aliphatic heterocycles. The molecule has 0 saturated carbocycles. The van der Waals surface area contributed by atoms with E-state index in [1.165, 1.54) is 10.7 Å². The van der Waals surface area contributed by atoms with Crippen LogP contribution >= 0.6 is 0 Å². The summed E-state index contributed by atoms with van der Waals surface area (Å²) in [5.41, 5.74) is 3.42. The Labute approximate surface area is 173 Å². The van der Waals surface area contributed by atoms with E-state index in [1.54, 1.807) is 37.3 Å². The summed E-state index contributed by atoms with van der Waals surface area (Å²) in [6.45, 7) is 3.73. The van der Waals surface area contributed by atoms with Crippen LogP contribution in [0.3, 0.4) is 0 Å². The number of hydrogen-bond acceptors (Lipinski definition) is 5. The average Bonchev–Trinajstić information content (AvgIpc) is 3.23. The van der Waals surface area contributed by atoms with Gasteiger partial charge in [-0.05, 0) is 44.2 Å². The number of aryl methyl sites for hydroxylation is 2. The van der Waals surface area contributed by atoms with Gasteiger partial charge in [0.25, 0.3) is 5.91 Å². The Kier molecular flexibility index (Phi) is 3.94. The van der Waals surface area contributed by atoms with Gasteiger partial charge in [0, 0.05) is 28.1 Å². The van der Waals surface area contributed by atoms with Gasteiger partial charge in [0.2, 0.25) is 5.88 Å². The molecule has 7 nitrogen and oxygen atoms in total. The Morgan fingerprint density at radius 1 is 1.00 bits per heavy atom. The number of aromatic nitrogens is 2. The Hall–Kier alpha value is -3.65. The summed E-state index contributed by atoms with van der Waals surface area (Å²) in [5.74, 6) is -0.159. The van der Waals surface area contributed by atoms with Gasteiger partial charge >= 0.3 is 10.1 Å². The van der Waals surface area contributed by atoms with Crippen molar-refractivity contribution in [1.82, 2.24) is 9.78 Å². The van der Waals surface area contributed by atoms with Gasteiger partial charge in [-0.1, -0.05) is 29.8 Å². The second-order valence-electron chi connectivity index (χ2n) is 7.20. The number of carbonyl (C=O) groups is 1. The number of benzene rings is 3. The van der Waals surface area contributed by atoms with Crippen molar-refractivity contribution in [1.29, 1.82) is 0 Å². The highest BCUT2D eigenvalue weighted by Crippen LogP contribution is 2.37. The molecule has 0 unspecified atom stereocenters. The molecule has 4 aromatic rings. The lowest BCUT2D eigenvalue weighted by molar-refractivity contribution is 0.103. The third-order valence-electron chi connectivity index (χ3n) is 5.04. The zero-order chi connectivity index (χ0) is 21.0. The highest BCUT2D eigenvalue weighted by molar-refractivity contribution is 7.87. The molecule has 0 atom stereocenters. The molecule has 0 fully saturated rings. The summed E-state index contributed by atoms with van der Waals surface area (Å²) in [6.07, 6.45) is 0. The summed E-state index contributed by atoms with van der Waals surface area (Å²) in [7, 11) is -4.19. The van der Waals surface area contributed by atoms with Crippen molar-refractivity contribution in [2.75, 3.05) is 5.32 Å². The van der Waals surface area contributed by atoms with Gasteiger partial charge in [0.15, 0.2) is 0 Å². The van der Waals surface area contributed by atoms with Gasteiger partial charge in [-0.25, -0.2) is 0 Å². The lowest BCUT2D eigenvalue weighted by Crippen LogP contribution is -2.13. The van der Waals surface area contributed by atoms with Crippen molar-refractivity contribution in [3.8, 4) is 11.6 Å². The first-order chi connectivity index (χ1) is 14.3. The molecule has 1 N–H and O–H groups in total. The highest BCUT2D eigenvalue weighted by atomic mass is 32.2. The maximum atomic E-state index is 13.2. The van der Waals surface area contributed by atoms with E-state index in [-0.39, 0.29) is 16.7 Å². The Bertz CT molecular complexity index is 1440. The summed E-state index contributed by atoms with van der Waals surface area (Å²) >= 11 is 0. The van der Waals surface area contributed by atoms with Crippen molar-refractivity contribution in [2.24, 2.45) is 0 Å². The number of nitrogens with zero attached hydrogens (tertiary/aromatic N) is 2. The van der Waals surface area contributed by atoms with Gasteiger partial charge in [0.1, 0.15) is 4.90 Å². The number of anilines is 1. The number of rotatable bonds is 4. The minimum absolute atomic E-state index is 0.00564. The largest absolute Gasteiger partial charge is 0.358 e. The van der Waals surface area contributed by atoms with Gasteiger partial charge in [-0.3, -0.25) is 4.79 Å². The fourth-order valence-corrected chi connectivity index (χ4v) is 4.75. The van der Waals surface area contributed by atoms with Crippen LogP contribution in [0.4, 0.5) is 5.69 Å². The van der Waals surface area contributed by atoms with Gasteiger partial charge in [-0.15, -0.1) is 0 Å². The molecule has 0 bridgehead atoms. The second kappa shape index (κ2) is 6.43. The minimum Gasteiger partial charge on any atom is -0.358 e. The maximum Gasteiger partial charge on any atom is 0.341 e. The molecular weight excluding hydrogens is 402 g/mol. The van der Waals surface area contributed by atoms with Crippen LogP contribution in [0.2, 0.25) is 0 Å². The molecule has 1 aromatic heterocycles. The minimum atomic E-state index is -4.19. The standard InChI is InChI=1S/C22H17N3O4S/c1-13-6-8-15(9-7-13)25-20(12-14(2)24-25)29-30(27,28)19-11-10-18-21-16(19)4-3-5-17(21)22(26)23-18/h3-12H,1-2H3,(H,23,26). The van der Waals surface area contributed by atoms with E-state index in [0.29, 0.717) is 33.4 Å². The molecule has 1 amide bonds. The molecule has 1 aliphatic rings. The van der Waals surface area contributed by atoms with Crippen LogP contribution in [-0.2, 0) is 10.1 Å². The number of carbonyl (C=O) groups excluding carboxylic acids is 1. The molecular formula is C22H17N3O4S. The van der Waals surface area contributed by atoms with Crippen molar-refractivity contribution in [2.45, 2.75) is 18.7 Å². The highest BCUT2D eigenvalue weighted by Gasteiger charge is 2.28. The van der Waals surface area contributed by atoms with Gasteiger partial charge < -0.3 is 9.50 Å². The molecule has 8 heteroatoms. The van der Waals surface area contributed by atoms with E-state index in [9.17, 15) is 13.2 Å². The van der Waals surface area contributed by atoms with Crippen molar-refractivity contribution in [3.63, 3.8) is 0 Å². The Morgan fingerprint density at radius 3 is 2.53 bits per heavy atom. The van der Waals surface area contributed by atoms with Crippen LogP contribution in [-0.4, -0.2) is 24.1 Å². The summed E-state index contributed by atoms with van der Waals surface area (Å²) in [5, 5.41) is 8.13. The summed E-state index contributed by atoms with van der Waals surface area (Å²) in [4.78, 5) is 12.1.